The van der Waals surface area contributed by atoms with Crippen LogP contribution in [0.5, 0.6) is 0 Å². The normalized spacial score (nSPS) is 60.4. The Morgan fingerprint density at radius 2 is 1.71 bits per heavy atom. The van der Waals surface area contributed by atoms with E-state index in [2.05, 4.69) is 0 Å². The number of aliphatic hydroxyl groups excluding tert-OH is 3. The molecule has 6 fully saturated rings. The van der Waals surface area contributed by atoms with Crippen molar-refractivity contribution in [2.45, 2.75) is 81.1 Å². The summed E-state index contributed by atoms with van der Waals surface area (Å²) in [6.45, 7) is 3.27. The van der Waals surface area contributed by atoms with Crippen LogP contribution in [0.25, 0.3) is 0 Å². The monoisotopic (exact) mass is 440 g/mol. The fourth-order valence-corrected chi connectivity index (χ4v) is 8.02. The van der Waals surface area contributed by atoms with Gasteiger partial charge in [-0.15, -0.1) is 0 Å². The Balaban J connectivity index is 1.68. The second kappa shape index (κ2) is 5.40. The summed E-state index contributed by atoms with van der Waals surface area (Å²) in [7, 11) is 0. The van der Waals surface area contributed by atoms with E-state index in [0.29, 0.717) is 12.8 Å². The number of aliphatic hydroxyl groups is 4. The van der Waals surface area contributed by atoms with Gasteiger partial charge in [0.25, 0.3) is 0 Å². The van der Waals surface area contributed by atoms with E-state index in [1.54, 1.807) is 0 Å². The third kappa shape index (κ3) is 1.49. The van der Waals surface area contributed by atoms with Gasteiger partial charge < -0.3 is 39.4 Å². The Bertz CT molecular complexity index is 921. The molecule has 2 saturated carbocycles. The standard InChI is InChI=1S/C20H24O11/c1-3-4-5-7-8(21)11-18-9(22)12-19(27,6(2)13(24)28-12)20(18,15(26)29-11)31-16-17(7,18)10(23)14(25)30-16/h6-12,16,21-23,27H,3-5H2,1-2H3/t6-,7-,8-,9+,10+,11?,12?,16?,17?,18?,19-,20?/m1/s1. The van der Waals surface area contributed by atoms with Gasteiger partial charge in [0.2, 0.25) is 11.9 Å². The van der Waals surface area contributed by atoms with Crippen LogP contribution in [0.3, 0.4) is 0 Å². The van der Waals surface area contributed by atoms with Crippen LogP contribution >= 0.6 is 0 Å². The van der Waals surface area contributed by atoms with Crippen LogP contribution in [0.15, 0.2) is 0 Å². The van der Waals surface area contributed by atoms with E-state index in [4.69, 9.17) is 18.9 Å². The van der Waals surface area contributed by atoms with Gasteiger partial charge in [0.15, 0.2) is 17.8 Å². The molecule has 0 radical (unpaired) electrons. The van der Waals surface area contributed by atoms with Crippen LogP contribution in [-0.2, 0) is 33.3 Å². The molecule has 6 unspecified atom stereocenters. The van der Waals surface area contributed by atoms with Crippen LogP contribution in [0.2, 0.25) is 0 Å². The van der Waals surface area contributed by atoms with Crippen molar-refractivity contribution in [3.05, 3.63) is 0 Å². The van der Waals surface area contributed by atoms with Crippen LogP contribution in [0, 0.1) is 22.7 Å². The molecule has 170 valence electrons. The Hall–Kier alpha value is -1.79. The first-order valence-electron chi connectivity index (χ1n) is 10.7. The summed E-state index contributed by atoms with van der Waals surface area (Å²) in [6, 6.07) is 0. The van der Waals surface area contributed by atoms with Crippen molar-refractivity contribution in [1.29, 1.82) is 0 Å². The number of hydrogen-bond acceptors (Lipinski definition) is 11. The molecule has 6 aliphatic rings. The lowest BCUT2D eigenvalue weighted by Crippen LogP contribution is -2.66. The molecule has 11 heteroatoms. The Labute approximate surface area is 176 Å². The van der Waals surface area contributed by atoms with E-state index in [0.717, 1.165) is 6.42 Å². The van der Waals surface area contributed by atoms with Crippen molar-refractivity contribution in [3.63, 3.8) is 0 Å². The molecule has 0 aromatic heterocycles. The number of hydrogen-bond donors (Lipinski definition) is 4. The van der Waals surface area contributed by atoms with Crippen molar-refractivity contribution in [1.82, 2.24) is 0 Å². The summed E-state index contributed by atoms with van der Waals surface area (Å²) in [6.07, 6.45) is -7.80. The minimum Gasteiger partial charge on any atom is -0.456 e. The molecule has 2 aliphatic carbocycles. The van der Waals surface area contributed by atoms with Gasteiger partial charge in [-0.3, -0.25) is 4.79 Å². The number of rotatable bonds is 3. The molecular weight excluding hydrogens is 416 g/mol. The molecule has 0 bridgehead atoms. The zero-order valence-electron chi connectivity index (χ0n) is 16.9. The molecule has 4 heterocycles. The van der Waals surface area contributed by atoms with Crippen LogP contribution in [0.4, 0.5) is 0 Å². The van der Waals surface area contributed by atoms with Crippen molar-refractivity contribution in [3.8, 4) is 0 Å². The molecule has 12 atom stereocenters. The van der Waals surface area contributed by atoms with Gasteiger partial charge in [-0.05, 0) is 13.3 Å². The number of unbranched alkanes of at least 4 members (excludes halogenated alkanes) is 1. The largest absolute Gasteiger partial charge is 0.456 e. The molecule has 11 nitrogen and oxygen atoms in total. The first kappa shape index (κ1) is 19.9. The van der Waals surface area contributed by atoms with Gasteiger partial charge in [-0.1, -0.05) is 19.8 Å². The second-order valence-corrected chi connectivity index (χ2v) is 9.69. The maximum absolute atomic E-state index is 13.4. The average Bonchev–Trinajstić information content (AvgIpc) is 3.41. The molecule has 31 heavy (non-hydrogen) atoms. The summed E-state index contributed by atoms with van der Waals surface area (Å²) in [5.41, 5.74) is -8.45. The molecule has 4 saturated heterocycles. The second-order valence-electron chi connectivity index (χ2n) is 9.69. The minimum absolute atomic E-state index is 0.322. The lowest BCUT2D eigenvalue weighted by atomic mass is 9.53. The van der Waals surface area contributed by atoms with E-state index in [9.17, 15) is 34.8 Å². The smallest absolute Gasteiger partial charge is 0.343 e. The summed E-state index contributed by atoms with van der Waals surface area (Å²) in [5.74, 6) is -5.06. The fraction of sp³-hybridized carbons (Fsp3) is 0.850. The number of fused-ring (bicyclic) bond motifs is 1. The highest BCUT2D eigenvalue weighted by Crippen LogP contribution is 2.83. The first-order valence-corrected chi connectivity index (χ1v) is 10.7. The van der Waals surface area contributed by atoms with Crippen molar-refractivity contribution < 1.29 is 53.8 Å². The third-order valence-electron chi connectivity index (χ3n) is 9.05. The lowest BCUT2D eigenvalue weighted by Gasteiger charge is -2.44. The first-order chi connectivity index (χ1) is 14.6. The molecule has 2 spiro atoms. The molecule has 0 amide bonds. The highest BCUT2D eigenvalue weighted by molar-refractivity contribution is 5.94. The molecule has 0 aromatic rings. The number of esters is 3. The van der Waals surface area contributed by atoms with Crippen molar-refractivity contribution in [2.24, 2.45) is 22.7 Å². The topological polar surface area (TPSA) is 169 Å². The molecule has 4 aliphatic heterocycles. The lowest BCUT2D eigenvalue weighted by molar-refractivity contribution is -0.239. The quantitative estimate of drug-likeness (QED) is 0.276. The molecular formula is C20H24O11. The number of carbonyl (C=O) groups excluding carboxylic acids is 3. The predicted octanol–water partition coefficient (Wildman–Crippen LogP) is -2.25. The SMILES string of the molecule is CCCC[C@@H]1[C@@H](O)C2OC(=O)C34OC5OC(=O)[C@H](O)C51C23[C@@H](O)C1OC(=O)[C@@H](C)[C@@]14O. The van der Waals surface area contributed by atoms with E-state index in [-0.39, 0.29) is 0 Å². The summed E-state index contributed by atoms with van der Waals surface area (Å²) >= 11 is 0. The van der Waals surface area contributed by atoms with Crippen LogP contribution in [0.1, 0.15) is 33.1 Å². The summed E-state index contributed by atoms with van der Waals surface area (Å²) in [4.78, 5) is 38.2. The highest BCUT2D eigenvalue weighted by Gasteiger charge is 3.04. The van der Waals surface area contributed by atoms with E-state index in [1.165, 1.54) is 6.92 Å². The van der Waals surface area contributed by atoms with E-state index < -0.39 is 88.6 Å². The maximum Gasteiger partial charge on any atom is 0.343 e. The van der Waals surface area contributed by atoms with E-state index in [1.807, 2.05) is 6.92 Å². The maximum atomic E-state index is 13.4. The van der Waals surface area contributed by atoms with Gasteiger partial charge in [0.05, 0.1) is 22.9 Å². The van der Waals surface area contributed by atoms with Crippen LogP contribution in [-0.4, -0.2) is 86.3 Å². The highest BCUT2D eigenvalue weighted by atomic mass is 16.8. The summed E-state index contributed by atoms with van der Waals surface area (Å²) in [5, 5.41) is 45.8. The number of carbonyl (C=O) groups is 3. The van der Waals surface area contributed by atoms with Gasteiger partial charge in [0, 0.05) is 5.92 Å². The zero-order valence-corrected chi connectivity index (χ0v) is 16.9. The van der Waals surface area contributed by atoms with Gasteiger partial charge in [0.1, 0.15) is 12.2 Å². The van der Waals surface area contributed by atoms with Crippen molar-refractivity contribution >= 4 is 17.9 Å². The third-order valence-corrected chi connectivity index (χ3v) is 9.05. The van der Waals surface area contributed by atoms with Crippen molar-refractivity contribution in [2.75, 3.05) is 0 Å². The number of ether oxygens (including phenoxy) is 4. The zero-order chi connectivity index (χ0) is 22.3. The minimum atomic E-state index is -2.37. The Morgan fingerprint density at radius 1 is 1.00 bits per heavy atom. The Kier molecular flexibility index (Phi) is 3.46. The Morgan fingerprint density at radius 3 is 2.39 bits per heavy atom. The molecule has 4 N–H and O–H groups in total. The predicted molar refractivity (Wildman–Crippen MR) is 93.5 cm³/mol. The van der Waals surface area contributed by atoms with Gasteiger partial charge in [-0.2, -0.15) is 0 Å². The molecule has 0 aromatic carbocycles. The average molecular weight is 440 g/mol. The summed E-state index contributed by atoms with van der Waals surface area (Å²) < 4.78 is 22.2. The van der Waals surface area contributed by atoms with Gasteiger partial charge >= 0.3 is 17.9 Å². The van der Waals surface area contributed by atoms with Gasteiger partial charge in [-0.25, -0.2) is 9.59 Å². The van der Waals surface area contributed by atoms with E-state index >= 15 is 0 Å². The molecule has 6 rings (SSSR count). The fourth-order valence-electron chi connectivity index (χ4n) is 8.02. The van der Waals surface area contributed by atoms with Crippen LogP contribution < -0.4 is 0 Å².